The second-order valence-corrected chi connectivity index (χ2v) is 8.22. The summed E-state index contributed by atoms with van der Waals surface area (Å²) in [5.74, 6) is 0.603. The van der Waals surface area contributed by atoms with Crippen molar-refractivity contribution in [3.63, 3.8) is 0 Å². The van der Waals surface area contributed by atoms with Crippen LogP contribution in [0.2, 0.25) is 0 Å². The lowest BCUT2D eigenvalue weighted by molar-refractivity contribution is -0.143. The normalized spacial score (nSPS) is 36.6. The standard InChI is InChI=1S/C12H21NO4S/c1-12(11(14)15)7-10(8-13-12)6-9-2-4-18(16,17)5-3-9/h9-10,13H,2-8H2,1H3,(H,14,15). The number of rotatable bonds is 3. The molecular weight excluding hydrogens is 254 g/mol. The SMILES string of the molecule is CC1(C(=O)O)CC(CC2CCS(=O)(=O)CC2)CN1. The van der Waals surface area contributed by atoms with Gasteiger partial charge in [-0.25, -0.2) is 8.42 Å². The van der Waals surface area contributed by atoms with E-state index in [2.05, 4.69) is 5.32 Å². The highest BCUT2D eigenvalue weighted by Crippen LogP contribution is 2.32. The summed E-state index contributed by atoms with van der Waals surface area (Å²) in [7, 11) is -2.80. The van der Waals surface area contributed by atoms with Crippen molar-refractivity contribution >= 4 is 15.8 Å². The van der Waals surface area contributed by atoms with E-state index >= 15 is 0 Å². The molecule has 2 heterocycles. The monoisotopic (exact) mass is 275 g/mol. The highest BCUT2D eigenvalue weighted by Gasteiger charge is 2.41. The maximum Gasteiger partial charge on any atom is 0.323 e. The molecule has 0 radical (unpaired) electrons. The minimum atomic E-state index is -2.80. The predicted molar refractivity (Wildman–Crippen MR) is 68.1 cm³/mol. The van der Waals surface area contributed by atoms with Crippen molar-refractivity contribution in [2.75, 3.05) is 18.1 Å². The summed E-state index contributed by atoms with van der Waals surface area (Å²) >= 11 is 0. The minimum absolute atomic E-state index is 0.300. The van der Waals surface area contributed by atoms with E-state index in [1.54, 1.807) is 6.92 Å². The molecule has 2 aliphatic rings. The van der Waals surface area contributed by atoms with Gasteiger partial charge < -0.3 is 10.4 Å². The highest BCUT2D eigenvalue weighted by atomic mass is 32.2. The Morgan fingerprint density at radius 3 is 2.44 bits per heavy atom. The Labute approximate surface area is 108 Å². The number of hydrogen-bond acceptors (Lipinski definition) is 4. The fraction of sp³-hybridized carbons (Fsp3) is 0.917. The highest BCUT2D eigenvalue weighted by molar-refractivity contribution is 7.91. The molecule has 2 rings (SSSR count). The largest absolute Gasteiger partial charge is 0.480 e. The van der Waals surface area contributed by atoms with Gasteiger partial charge in [-0.15, -0.1) is 0 Å². The van der Waals surface area contributed by atoms with Crippen molar-refractivity contribution < 1.29 is 18.3 Å². The first kappa shape index (κ1) is 13.8. The lowest BCUT2D eigenvalue weighted by Gasteiger charge is -2.24. The topological polar surface area (TPSA) is 83.5 Å². The molecule has 5 nitrogen and oxygen atoms in total. The molecule has 2 N–H and O–H groups in total. The van der Waals surface area contributed by atoms with Crippen molar-refractivity contribution in [2.45, 2.75) is 38.1 Å². The van der Waals surface area contributed by atoms with Crippen LogP contribution in [0, 0.1) is 11.8 Å². The summed E-state index contributed by atoms with van der Waals surface area (Å²) in [6.07, 6.45) is 3.07. The number of hydrogen-bond donors (Lipinski definition) is 2. The van der Waals surface area contributed by atoms with E-state index in [0.717, 1.165) is 25.8 Å². The zero-order chi connectivity index (χ0) is 13.4. The third-order valence-electron chi connectivity index (χ3n) is 4.29. The average molecular weight is 275 g/mol. The van der Waals surface area contributed by atoms with E-state index in [1.165, 1.54) is 0 Å². The zero-order valence-corrected chi connectivity index (χ0v) is 11.5. The van der Waals surface area contributed by atoms with Crippen molar-refractivity contribution in [1.29, 1.82) is 0 Å². The summed E-state index contributed by atoms with van der Waals surface area (Å²) in [6, 6.07) is 0. The molecule has 0 aliphatic carbocycles. The Morgan fingerprint density at radius 1 is 1.33 bits per heavy atom. The average Bonchev–Trinajstić information content (AvgIpc) is 2.65. The second-order valence-electron chi connectivity index (χ2n) is 5.92. The van der Waals surface area contributed by atoms with Gasteiger partial charge in [-0.3, -0.25) is 4.79 Å². The lowest BCUT2D eigenvalue weighted by atomic mass is 9.86. The molecule has 0 aromatic rings. The van der Waals surface area contributed by atoms with Crippen LogP contribution in [0.5, 0.6) is 0 Å². The first-order valence-corrected chi connectivity index (χ1v) is 8.32. The molecule has 2 unspecified atom stereocenters. The number of nitrogens with one attached hydrogen (secondary N) is 1. The van der Waals surface area contributed by atoms with Crippen molar-refractivity contribution in [3.8, 4) is 0 Å². The molecule has 18 heavy (non-hydrogen) atoms. The van der Waals surface area contributed by atoms with Gasteiger partial charge in [0.15, 0.2) is 0 Å². The molecule has 2 aliphatic heterocycles. The number of carboxylic acids is 1. The molecule has 0 bridgehead atoms. The van der Waals surface area contributed by atoms with Crippen molar-refractivity contribution in [3.05, 3.63) is 0 Å². The van der Waals surface area contributed by atoms with E-state index in [-0.39, 0.29) is 0 Å². The molecule has 2 fully saturated rings. The first-order chi connectivity index (χ1) is 8.31. The third kappa shape index (κ3) is 3.03. The molecular formula is C12H21NO4S. The molecule has 2 atom stereocenters. The van der Waals surface area contributed by atoms with E-state index in [0.29, 0.717) is 29.8 Å². The van der Waals surface area contributed by atoms with Gasteiger partial charge in [0.2, 0.25) is 0 Å². The maximum atomic E-state index is 11.3. The first-order valence-electron chi connectivity index (χ1n) is 6.50. The molecule has 0 aromatic carbocycles. The summed E-state index contributed by atoms with van der Waals surface area (Å²) < 4.78 is 22.7. The molecule has 0 spiro atoms. The van der Waals surface area contributed by atoms with Gasteiger partial charge in [0.25, 0.3) is 0 Å². The Kier molecular flexibility index (Phi) is 3.69. The summed E-state index contributed by atoms with van der Waals surface area (Å²) in [5, 5.41) is 12.2. The van der Waals surface area contributed by atoms with Crippen LogP contribution in [0.1, 0.15) is 32.6 Å². The second kappa shape index (κ2) is 4.81. The molecule has 104 valence electrons. The van der Waals surface area contributed by atoms with Gasteiger partial charge in [-0.2, -0.15) is 0 Å². The van der Waals surface area contributed by atoms with Crippen LogP contribution in [0.15, 0.2) is 0 Å². The van der Waals surface area contributed by atoms with E-state index in [4.69, 9.17) is 5.11 Å². The predicted octanol–water partition coefficient (Wildman–Crippen LogP) is 0.654. The van der Waals surface area contributed by atoms with Crippen LogP contribution in [0.4, 0.5) is 0 Å². The van der Waals surface area contributed by atoms with Gasteiger partial charge in [0.05, 0.1) is 11.5 Å². The Balaban J connectivity index is 1.84. The fourth-order valence-electron chi connectivity index (χ4n) is 3.07. The molecule has 0 aromatic heterocycles. The number of sulfone groups is 1. The lowest BCUT2D eigenvalue weighted by Crippen LogP contribution is -2.44. The third-order valence-corrected chi connectivity index (χ3v) is 6.01. The zero-order valence-electron chi connectivity index (χ0n) is 10.7. The summed E-state index contributed by atoms with van der Waals surface area (Å²) in [6.45, 7) is 2.45. The van der Waals surface area contributed by atoms with Crippen molar-refractivity contribution in [1.82, 2.24) is 5.32 Å². The molecule has 0 amide bonds. The van der Waals surface area contributed by atoms with Crippen LogP contribution < -0.4 is 5.32 Å². The van der Waals surface area contributed by atoms with E-state index < -0.39 is 21.3 Å². The Morgan fingerprint density at radius 2 is 1.94 bits per heavy atom. The Bertz CT molecular complexity index is 419. The van der Waals surface area contributed by atoms with Gasteiger partial charge in [0, 0.05) is 0 Å². The smallest absolute Gasteiger partial charge is 0.323 e. The van der Waals surface area contributed by atoms with Gasteiger partial charge >= 0.3 is 5.97 Å². The van der Waals surface area contributed by atoms with Crippen LogP contribution in [0.25, 0.3) is 0 Å². The minimum Gasteiger partial charge on any atom is -0.480 e. The number of carboxylic acid groups (broad SMARTS) is 1. The van der Waals surface area contributed by atoms with Crippen molar-refractivity contribution in [2.24, 2.45) is 11.8 Å². The Hall–Kier alpha value is -0.620. The van der Waals surface area contributed by atoms with E-state index in [9.17, 15) is 13.2 Å². The maximum absolute atomic E-state index is 11.3. The quantitative estimate of drug-likeness (QED) is 0.790. The summed E-state index contributed by atoms with van der Waals surface area (Å²) in [5.41, 5.74) is -0.800. The van der Waals surface area contributed by atoms with Gasteiger partial charge in [-0.05, 0) is 51.0 Å². The van der Waals surface area contributed by atoms with Crippen LogP contribution in [0.3, 0.4) is 0 Å². The van der Waals surface area contributed by atoms with Crippen LogP contribution in [-0.2, 0) is 14.6 Å². The molecule has 0 saturated carbocycles. The summed E-state index contributed by atoms with van der Waals surface area (Å²) in [4.78, 5) is 11.1. The molecule has 2 saturated heterocycles. The number of carbonyl (C=O) groups is 1. The van der Waals surface area contributed by atoms with Crippen LogP contribution >= 0.6 is 0 Å². The fourth-order valence-corrected chi connectivity index (χ4v) is 4.66. The molecule has 6 heteroatoms. The number of aliphatic carboxylic acids is 1. The van der Waals surface area contributed by atoms with Gasteiger partial charge in [0.1, 0.15) is 15.4 Å². The van der Waals surface area contributed by atoms with Gasteiger partial charge in [-0.1, -0.05) is 0 Å². The van der Waals surface area contributed by atoms with E-state index in [1.807, 2.05) is 0 Å². The van der Waals surface area contributed by atoms with Crippen LogP contribution in [-0.4, -0.2) is 43.1 Å².